The summed E-state index contributed by atoms with van der Waals surface area (Å²) in [6.45, 7) is 6.05. The van der Waals surface area contributed by atoms with Gasteiger partial charge in [-0.1, -0.05) is 24.7 Å². The van der Waals surface area contributed by atoms with Crippen LogP contribution >= 0.6 is 23.6 Å². The first-order valence-electron chi connectivity index (χ1n) is 10.7. The molecule has 2 heterocycles. The molecule has 1 fully saturated rings. The maximum atomic E-state index is 12.5. The van der Waals surface area contributed by atoms with Gasteiger partial charge in [-0.05, 0) is 61.1 Å². The first-order chi connectivity index (χ1) is 15.6. The first-order valence-corrected chi connectivity index (χ1v) is 11.9. The van der Waals surface area contributed by atoms with Gasteiger partial charge in [0.15, 0.2) is 10.2 Å². The van der Waals surface area contributed by atoms with Gasteiger partial charge < -0.3 is 19.7 Å². The van der Waals surface area contributed by atoms with Crippen LogP contribution in [0, 0.1) is 0 Å². The molecule has 1 saturated heterocycles. The third kappa shape index (κ3) is 5.73. The van der Waals surface area contributed by atoms with E-state index in [2.05, 4.69) is 39.6 Å². The number of carbonyl (C=O) groups excluding carboxylic acids is 1. The SMILES string of the molecule is CCCCOc1ccc(C(=O)NC(=S)Nc2nc3ccc(N4CCOCC4)cc3s2)cc1. The number of unbranched alkanes of at least 4 members (excludes halogenated alkanes) is 1. The Balaban J connectivity index is 1.34. The maximum absolute atomic E-state index is 12.5. The van der Waals surface area contributed by atoms with Crippen LogP contribution in [0.3, 0.4) is 0 Å². The number of aromatic nitrogens is 1. The highest BCUT2D eigenvalue weighted by Crippen LogP contribution is 2.30. The molecule has 7 nitrogen and oxygen atoms in total. The number of hydrogen-bond acceptors (Lipinski definition) is 7. The zero-order valence-electron chi connectivity index (χ0n) is 17.9. The molecule has 32 heavy (non-hydrogen) atoms. The van der Waals surface area contributed by atoms with Crippen LogP contribution in [0.1, 0.15) is 30.1 Å². The molecule has 2 N–H and O–H groups in total. The van der Waals surface area contributed by atoms with Gasteiger partial charge in [0.25, 0.3) is 5.91 Å². The Morgan fingerprint density at radius 1 is 1.22 bits per heavy atom. The predicted molar refractivity (Wildman–Crippen MR) is 133 cm³/mol. The van der Waals surface area contributed by atoms with Gasteiger partial charge in [-0.2, -0.15) is 0 Å². The zero-order valence-corrected chi connectivity index (χ0v) is 19.6. The highest BCUT2D eigenvalue weighted by atomic mass is 32.1. The highest BCUT2D eigenvalue weighted by molar-refractivity contribution is 7.80. The van der Waals surface area contributed by atoms with Crippen LogP contribution in [0.25, 0.3) is 10.2 Å². The Hall–Kier alpha value is -2.75. The molecular formula is C23H26N4O3S2. The molecular weight excluding hydrogens is 444 g/mol. The highest BCUT2D eigenvalue weighted by Gasteiger charge is 2.14. The number of nitrogens with zero attached hydrogens (tertiary/aromatic N) is 2. The van der Waals surface area contributed by atoms with E-state index in [0.29, 0.717) is 17.3 Å². The number of anilines is 2. The van der Waals surface area contributed by atoms with E-state index in [9.17, 15) is 4.79 Å². The van der Waals surface area contributed by atoms with Gasteiger partial charge in [0.05, 0.1) is 30.0 Å². The van der Waals surface area contributed by atoms with Gasteiger partial charge in [-0.15, -0.1) is 0 Å². The molecule has 0 spiro atoms. The second-order valence-electron chi connectivity index (χ2n) is 7.41. The molecule has 4 rings (SSSR count). The van der Waals surface area contributed by atoms with Crippen molar-refractivity contribution < 1.29 is 14.3 Å². The molecule has 9 heteroatoms. The van der Waals surface area contributed by atoms with Crippen molar-refractivity contribution in [1.82, 2.24) is 10.3 Å². The fourth-order valence-electron chi connectivity index (χ4n) is 3.33. The van der Waals surface area contributed by atoms with Gasteiger partial charge in [-0.25, -0.2) is 4.98 Å². The predicted octanol–water partition coefficient (Wildman–Crippen LogP) is 4.44. The summed E-state index contributed by atoms with van der Waals surface area (Å²) in [5.41, 5.74) is 2.56. The van der Waals surface area contributed by atoms with E-state index in [0.717, 1.165) is 60.8 Å². The van der Waals surface area contributed by atoms with E-state index < -0.39 is 0 Å². The molecule has 1 aliphatic rings. The number of fused-ring (bicyclic) bond motifs is 1. The van der Waals surface area contributed by atoms with Crippen molar-refractivity contribution in [2.45, 2.75) is 19.8 Å². The zero-order chi connectivity index (χ0) is 22.3. The maximum Gasteiger partial charge on any atom is 0.257 e. The lowest BCUT2D eigenvalue weighted by atomic mass is 10.2. The number of carbonyl (C=O) groups is 1. The van der Waals surface area contributed by atoms with E-state index in [1.54, 1.807) is 24.3 Å². The summed E-state index contributed by atoms with van der Waals surface area (Å²) >= 11 is 6.82. The van der Waals surface area contributed by atoms with Gasteiger partial charge in [-0.3, -0.25) is 10.1 Å². The minimum atomic E-state index is -0.279. The molecule has 168 valence electrons. The average molecular weight is 471 g/mol. The molecule has 3 aromatic rings. The largest absolute Gasteiger partial charge is 0.494 e. The molecule has 2 aromatic carbocycles. The summed E-state index contributed by atoms with van der Waals surface area (Å²) in [5.74, 6) is 0.472. The molecule has 0 radical (unpaired) electrons. The van der Waals surface area contributed by atoms with Crippen molar-refractivity contribution in [3.05, 3.63) is 48.0 Å². The number of thiocarbonyl (C=S) groups is 1. The minimum Gasteiger partial charge on any atom is -0.494 e. The number of hydrogen-bond donors (Lipinski definition) is 2. The number of ether oxygens (including phenoxy) is 2. The Bertz CT molecular complexity index is 1080. The summed E-state index contributed by atoms with van der Waals surface area (Å²) in [6, 6.07) is 13.3. The number of rotatable bonds is 7. The lowest BCUT2D eigenvalue weighted by molar-refractivity contribution is 0.0977. The van der Waals surface area contributed by atoms with E-state index in [4.69, 9.17) is 21.7 Å². The fourth-order valence-corrected chi connectivity index (χ4v) is 4.48. The topological polar surface area (TPSA) is 75.7 Å². The van der Waals surface area contributed by atoms with Gasteiger partial charge in [0.2, 0.25) is 0 Å². The number of nitrogens with one attached hydrogen (secondary N) is 2. The van der Waals surface area contributed by atoms with Gasteiger partial charge >= 0.3 is 0 Å². The molecule has 1 amide bonds. The molecule has 0 bridgehead atoms. The van der Waals surface area contributed by atoms with Crippen molar-refractivity contribution in [3.8, 4) is 5.75 Å². The molecule has 0 saturated carbocycles. The summed E-state index contributed by atoms with van der Waals surface area (Å²) < 4.78 is 12.1. The van der Waals surface area contributed by atoms with Gasteiger partial charge in [0.1, 0.15) is 5.75 Å². The number of morpholine rings is 1. The molecule has 0 unspecified atom stereocenters. The fraction of sp³-hybridized carbons (Fsp3) is 0.348. The Labute approximate surface area is 196 Å². The van der Waals surface area contributed by atoms with Crippen molar-refractivity contribution in [1.29, 1.82) is 0 Å². The lowest BCUT2D eigenvalue weighted by Gasteiger charge is -2.28. The summed E-state index contributed by atoms with van der Waals surface area (Å²) in [4.78, 5) is 19.4. The quantitative estimate of drug-likeness (QED) is 0.391. The van der Waals surface area contributed by atoms with Crippen LogP contribution in [-0.4, -0.2) is 48.9 Å². The number of amides is 1. The molecule has 0 aliphatic carbocycles. The summed E-state index contributed by atoms with van der Waals surface area (Å²) in [7, 11) is 0. The van der Waals surface area contributed by atoms with E-state index in [1.165, 1.54) is 11.3 Å². The van der Waals surface area contributed by atoms with E-state index in [-0.39, 0.29) is 11.0 Å². The number of thiazole rings is 1. The molecule has 1 aliphatic heterocycles. The third-order valence-electron chi connectivity index (χ3n) is 5.08. The van der Waals surface area contributed by atoms with Crippen molar-refractivity contribution in [2.75, 3.05) is 43.1 Å². The number of benzene rings is 2. The summed E-state index contributed by atoms with van der Waals surface area (Å²) in [6.07, 6.45) is 2.08. The van der Waals surface area contributed by atoms with Crippen LogP contribution in [0.2, 0.25) is 0 Å². The van der Waals surface area contributed by atoms with Crippen LogP contribution < -0.4 is 20.3 Å². The Kier molecular flexibility index (Phi) is 7.51. The van der Waals surface area contributed by atoms with Crippen molar-refractivity contribution in [2.24, 2.45) is 0 Å². The minimum absolute atomic E-state index is 0.214. The Morgan fingerprint density at radius 2 is 2.00 bits per heavy atom. The van der Waals surface area contributed by atoms with Crippen LogP contribution in [0.15, 0.2) is 42.5 Å². The second-order valence-corrected chi connectivity index (χ2v) is 8.84. The van der Waals surface area contributed by atoms with E-state index in [1.807, 2.05) is 6.07 Å². The van der Waals surface area contributed by atoms with Crippen LogP contribution in [0.4, 0.5) is 10.8 Å². The lowest BCUT2D eigenvalue weighted by Crippen LogP contribution is -2.36. The monoisotopic (exact) mass is 470 g/mol. The average Bonchev–Trinajstić information content (AvgIpc) is 3.21. The van der Waals surface area contributed by atoms with E-state index >= 15 is 0 Å². The smallest absolute Gasteiger partial charge is 0.257 e. The summed E-state index contributed by atoms with van der Waals surface area (Å²) in [5, 5.41) is 6.59. The second kappa shape index (κ2) is 10.7. The normalized spacial score (nSPS) is 13.7. The van der Waals surface area contributed by atoms with Crippen molar-refractivity contribution in [3.63, 3.8) is 0 Å². The molecule has 1 aromatic heterocycles. The van der Waals surface area contributed by atoms with Crippen LogP contribution in [0.5, 0.6) is 5.75 Å². The van der Waals surface area contributed by atoms with Gasteiger partial charge in [0, 0.05) is 24.3 Å². The Morgan fingerprint density at radius 3 is 2.75 bits per heavy atom. The third-order valence-corrected chi connectivity index (χ3v) is 6.22. The van der Waals surface area contributed by atoms with Crippen molar-refractivity contribution >= 4 is 55.6 Å². The first kappa shape index (κ1) is 22.4. The van der Waals surface area contributed by atoms with Crippen LogP contribution in [-0.2, 0) is 4.74 Å². The standard InChI is InChI=1S/C23H26N4O3S2/c1-2-3-12-30-18-7-4-16(5-8-18)21(28)25-22(31)26-23-24-19-9-6-17(15-20(19)32-23)27-10-13-29-14-11-27/h4-9,15H,2-3,10-14H2,1H3,(H2,24,25,26,28,31). The molecule has 0 atom stereocenters.